The van der Waals surface area contributed by atoms with E-state index in [0.717, 1.165) is 4.90 Å². The first-order valence-electron chi connectivity index (χ1n) is 27.8. The highest BCUT2D eigenvalue weighted by Crippen LogP contribution is 2.24. The highest BCUT2D eigenvalue weighted by molar-refractivity contribution is 5.99. The molecule has 0 aromatic carbocycles. The van der Waals surface area contributed by atoms with Gasteiger partial charge in [0.15, 0.2) is 0 Å². The normalized spacial score (nSPS) is 19.6. The van der Waals surface area contributed by atoms with Crippen molar-refractivity contribution in [2.24, 2.45) is 23.1 Å². The van der Waals surface area contributed by atoms with Crippen LogP contribution in [0.1, 0.15) is 124 Å². The first kappa shape index (κ1) is 69.7. The summed E-state index contributed by atoms with van der Waals surface area (Å²) in [6, 6.07) is -15.5. The predicted octanol–water partition coefficient (Wildman–Crippen LogP) is -6.06. The number of carboxylic acids is 3. The van der Waals surface area contributed by atoms with Crippen molar-refractivity contribution in [3.8, 4) is 0 Å². The van der Waals surface area contributed by atoms with Gasteiger partial charge in [-0.15, -0.1) is 0 Å². The Hall–Kier alpha value is -7.58. The van der Waals surface area contributed by atoms with E-state index >= 15 is 0 Å². The molecule has 3 rings (SSSR count). The predicted molar refractivity (Wildman–Crippen MR) is 288 cm³/mol. The van der Waals surface area contributed by atoms with Crippen LogP contribution < -0.4 is 54.4 Å². The summed E-state index contributed by atoms with van der Waals surface area (Å²) in [5, 5.41) is 65.3. The van der Waals surface area contributed by atoms with Crippen LogP contribution >= 0.6 is 0 Å². The van der Waals surface area contributed by atoms with E-state index in [0.29, 0.717) is 19.3 Å². The first-order chi connectivity index (χ1) is 39.1. The number of unbranched alkanes of at least 4 members (excludes halogenated alkanes) is 1. The highest BCUT2D eigenvalue weighted by Gasteiger charge is 2.44. The lowest BCUT2D eigenvalue weighted by Gasteiger charge is -2.32. The van der Waals surface area contributed by atoms with Gasteiger partial charge in [-0.3, -0.25) is 62.3 Å². The maximum Gasteiger partial charge on any atom is 0.326 e. The van der Waals surface area contributed by atoms with Crippen molar-refractivity contribution in [2.45, 2.75) is 190 Å². The number of nitrogens with zero attached hydrogens (tertiary/aromatic N) is 3. The Balaban J connectivity index is 1.75. The fraction of sp³-hybridized carbons (Fsp3) is 0.725. The number of aliphatic hydroxyl groups excluding tert-OH is 2. The van der Waals surface area contributed by atoms with E-state index in [1.807, 2.05) is 0 Å². The quantitative estimate of drug-likeness (QED) is 0.0263. The largest absolute Gasteiger partial charge is 0.481 e. The summed E-state index contributed by atoms with van der Waals surface area (Å²) < 4.78 is 0. The third-order valence-corrected chi connectivity index (χ3v) is 14.3. The Labute approximate surface area is 478 Å². The maximum absolute atomic E-state index is 14.4. The second-order valence-corrected chi connectivity index (χ2v) is 21.3. The Bertz CT molecular complexity index is 2360. The topological polar surface area (TPSA) is 512 Å². The van der Waals surface area contributed by atoms with Crippen LogP contribution in [0.4, 0.5) is 0 Å². The Morgan fingerprint density at radius 2 is 0.880 bits per heavy atom. The average molecular weight is 1180 g/mol. The molecule has 11 amide bonds. The molecule has 0 radical (unpaired) electrons. The van der Waals surface area contributed by atoms with Crippen molar-refractivity contribution < 1.29 is 92.7 Å². The summed E-state index contributed by atoms with van der Waals surface area (Å²) in [5.74, 6) is -14.1. The molecule has 18 N–H and O–H groups in total. The zero-order valence-corrected chi connectivity index (χ0v) is 47.0. The number of rotatable bonds is 35. The Morgan fingerprint density at radius 1 is 0.482 bits per heavy atom. The minimum absolute atomic E-state index is 0.0118. The van der Waals surface area contributed by atoms with E-state index in [-0.39, 0.29) is 77.0 Å². The van der Waals surface area contributed by atoms with Crippen LogP contribution in [-0.4, -0.2) is 229 Å². The number of carboxylic acid groups (broad SMARTS) is 3. The van der Waals surface area contributed by atoms with E-state index in [2.05, 4.69) is 37.2 Å². The van der Waals surface area contributed by atoms with Gasteiger partial charge >= 0.3 is 17.9 Å². The Morgan fingerprint density at radius 3 is 1.29 bits per heavy atom. The number of aliphatic carboxylic acids is 3. The SMILES string of the molecule is CC(C)C[C@H](NC(=O)[C@H](CCC(=O)O)NC(=O)[C@@H]1CCCN1C(=O)[C@@H](N)CO)C(=O)N1CCC[C@H]1C(=O)N[C@@H](CO)C(=O)N1CCC[C@H]1C(=O)N[C@@H](CCC(N)=O)C(=O)N[C@@H](C)C(=O)N[C@@H](CCC(=O)O)C(=O)N[C@@H](CCCCN)C(=O)O. The van der Waals surface area contributed by atoms with E-state index in [9.17, 15) is 92.7 Å². The van der Waals surface area contributed by atoms with Crippen molar-refractivity contribution in [1.82, 2.24) is 51.9 Å². The zero-order chi connectivity index (χ0) is 62.2. The molecular formula is C51H83N13O19. The van der Waals surface area contributed by atoms with Crippen molar-refractivity contribution in [3.63, 3.8) is 0 Å². The van der Waals surface area contributed by atoms with E-state index < -0.39 is 201 Å². The van der Waals surface area contributed by atoms with Gasteiger partial charge in [0.1, 0.15) is 66.5 Å². The molecule has 32 nitrogen and oxygen atoms in total. The lowest BCUT2D eigenvalue weighted by Crippen LogP contribution is -2.60. The van der Waals surface area contributed by atoms with Gasteiger partial charge in [0.25, 0.3) is 0 Å². The molecule has 0 bridgehead atoms. The summed E-state index contributed by atoms with van der Waals surface area (Å²) in [6.07, 6.45) is -0.967. The fourth-order valence-corrected chi connectivity index (χ4v) is 9.88. The van der Waals surface area contributed by atoms with Crippen LogP contribution in [0.25, 0.3) is 0 Å². The molecule has 0 aromatic heterocycles. The van der Waals surface area contributed by atoms with Crippen molar-refractivity contribution in [3.05, 3.63) is 0 Å². The smallest absolute Gasteiger partial charge is 0.326 e. The standard InChI is InChI=1S/C51H83N13O19/c1-26(2)23-33(60-44(75)31(15-18-40(70)71)58-45(76)35-10-6-20-62(35)48(79)28(53)24-65)49(80)63-21-7-12-37(63)47(78)61-34(25-66)50(81)64-22-8-11-36(64)46(77)57-29(13-16-38(54)67)42(73)55-27(3)41(72)56-30(14-17-39(68)69)43(74)59-32(51(82)83)9-4-5-19-52/h26-37,65-66H,4-25,52-53H2,1-3H3,(H2,54,67)(H,55,73)(H,56,72)(H,57,77)(H,58,76)(H,59,74)(H,60,75)(H,61,78)(H,68,69)(H,70,71)(H,82,83)/t27-,28-,29-,30-,31-,32-,33-,34-,35-,36-,37-/m0/s1. The number of aliphatic hydroxyl groups is 2. The van der Waals surface area contributed by atoms with E-state index in [1.54, 1.807) is 13.8 Å². The average Bonchev–Trinajstić information content (AvgIpc) is 4.28. The van der Waals surface area contributed by atoms with Gasteiger partial charge in [0.2, 0.25) is 65.0 Å². The molecule has 0 saturated carbocycles. The van der Waals surface area contributed by atoms with Gasteiger partial charge < -0.3 is 94.7 Å². The highest BCUT2D eigenvalue weighted by atomic mass is 16.4. The summed E-state index contributed by atoms with van der Waals surface area (Å²) >= 11 is 0. The molecule has 0 unspecified atom stereocenters. The van der Waals surface area contributed by atoms with Crippen LogP contribution in [0.15, 0.2) is 0 Å². The lowest BCUT2D eigenvalue weighted by atomic mass is 10.0. The number of amides is 11. The number of nitrogens with two attached hydrogens (primary N) is 3. The minimum atomic E-state index is -1.68. The fourth-order valence-electron chi connectivity index (χ4n) is 9.88. The molecule has 3 fully saturated rings. The monoisotopic (exact) mass is 1180 g/mol. The summed E-state index contributed by atoms with van der Waals surface area (Å²) in [7, 11) is 0. The number of carbonyl (C=O) groups is 14. The van der Waals surface area contributed by atoms with Gasteiger partial charge in [0.05, 0.1) is 13.2 Å². The molecule has 3 saturated heterocycles. The number of carbonyl (C=O) groups excluding carboxylic acids is 11. The zero-order valence-electron chi connectivity index (χ0n) is 47.0. The number of likely N-dealkylation sites (tertiary alicyclic amines) is 3. The molecule has 3 aliphatic heterocycles. The van der Waals surface area contributed by atoms with Crippen LogP contribution in [0.5, 0.6) is 0 Å². The second-order valence-electron chi connectivity index (χ2n) is 21.3. The Kier molecular flexibility index (Phi) is 28.7. The molecule has 11 atom stereocenters. The molecule has 466 valence electrons. The molecule has 3 heterocycles. The van der Waals surface area contributed by atoms with Crippen LogP contribution in [0.2, 0.25) is 0 Å². The van der Waals surface area contributed by atoms with Crippen molar-refractivity contribution in [1.29, 1.82) is 0 Å². The van der Waals surface area contributed by atoms with E-state index in [1.165, 1.54) is 16.7 Å². The van der Waals surface area contributed by atoms with Crippen LogP contribution in [-0.2, 0) is 67.1 Å². The molecular weight excluding hydrogens is 1100 g/mol. The number of primary amides is 1. The third kappa shape index (κ3) is 21.6. The molecule has 3 aliphatic rings. The lowest BCUT2D eigenvalue weighted by molar-refractivity contribution is -0.145. The van der Waals surface area contributed by atoms with Crippen LogP contribution in [0, 0.1) is 5.92 Å². The maximum atomic E-state index is 14.4. The van der Waals surface area contributed by atoms with Crippen LogP contribution in [0.3, 0.4) is 0 Å². The third-order valence-electron chi connectivity index (χ3n) is 14.3. The second kappa shape index (κ2) is 34.1. The molecule has 83 heavy (non-hydrogen) atoms. The van der Waals surface area contributed by atoms with Crippen molar-refractivity contribution >= 4 is 82.9 Å². The van der Waals surface area contributed by atoms with Gasteiger partial charge in [-0.05, 0) is 103 Å². The number of hydrogen-bond donors (Lipinski definition) is 15. The number of nitrogens with one attached hydrogen (secondary N) is 7. The molecule has 0 aliphatic carbocycles. The summed E-state index contributed by atoms with van der Waals surface area (Å²) in [6.45, 7) is 3.36. The first-order valence-corrected chi connectivity index (χ1v) is 27.8. The van der Waals surface area contributed by atoms with Gasteiger partial charge in [0, 0.05) is 38.9 Å². The molecule has 32 heteroatoms. The van der Waals surface area contributed by atoms with E-state index in [4.69, 9.17) is 17.2 Å². The minimum Gasteiger partial charge on any atom is -0.481 e. The summed E-state index contributed by atoms with van der Waals surface area (Å²) in [4.78, 5) is 187. The molecule has 0 aromatic rings. The van der Waals surface area contributed by atoms with Gasteiger partial charge in [-0.25, -0.2) is 4.79 Å². The van der Waals surface area contributed by atoms with Crippen molar-refractivity contribution in [2.75, 3.05) is 39.4 Å². The number of hydrogen-bond acceptors (Lipinski definition) is 18. The van der Waals surface area contributed by atoms with Gasteiger partial charge in [-0.2, -0.15) is 0 Å². The summed E-state index contributed by atoms with van der Waals surface area (Å²) in [5.41, 5.74) is 16.5. The molecule has 0 spiro atoms. The van der Waals surface area contributed by atoms with Gasteiger partial charge in [-0.1, -0.05) is 13.8 Å².